The summed E-state index contributed by atoms with van der Waals surface area (Å²) in [6.07, 6.45) is 3.42. The van der Waals surface area contributed by atoms with Crippen LogP contribution in [0.2, 0.25) is 0 Å². The normalized spacial score (nSPS) is 17.9. The second-order valence-electron chi connectivity index (χ2n) is 5.56. The Morgan fingerprint density at radius 3 is 2.95 bits per heavy atom. The topological polar surface area (TPSA) is 74.3 Å². The zero-order valence-electron chi connectivity index (χ0n) is 13.3. The number of amides is 2. The maximum atomic E-state index is 11.7. The third kappa shape index (κ3) is 4.19. The van der Waals surface area contributed by atoms with E-state index < -0.39 is 0 Å². The van der Waals surface area contributed by atoms with Crippen LogP contribution in [0.25, 0.3) is 0 Å². The van der Waals surface area contributed by atoms with Crippen LogP contribution in [-0.4, -0.2) is 43.0 Å². The molecule has 0 bridgehead atoms. The first-order valence-electron chi connectivity index (χ1n) is 7.87. The van der Waals surface area contributed by atoms with E-state index in [1.54, 1.807) is 13.1 Å². The highest BCUT2D eigenvalue weighted by molar-refractivity contribution is 5.92. The van der Waals surface area contributed by atoms with E-state index in [0.29, 0.717) is 12.1 Å². The van der Waals surface area contributed by atoms with Crippen LogP contribution in [0.3, 0.4) is 0 Å². The van der Waals surface area contributed by atoms with E-state index >= 15 is 0 Å². The molecule has 0 aliphatic carbocycles. The summed E-state index contributed by atoms with van der Waals surface area (Å²) in [6.45, 7) is 3.63. The van der Waals surface area contributed by atoms with Crippen molar-refractivity contribution in [2.75, 3.05) is 25.0 Å². The smallest absolute Gasteiger partial charge is 0.269 e. The highest BCUT2D eigenvalue weighted by Gasteiger charge is 2.22. The lowest BCUT2D eigenvalue weighted by atomic mass is 10.1. The summed E-state index contributed by atoms with van der Waals surface area (Å²) >= 11 is 0. The molecule has 1 saturated heterocycles. The molecule has 120 valence electrons. The van der Waals surface area contributed by atoms with Crippen molar-refractivity contribution in [3.05, 3.63) is 23.9 Å². The second kappa shape index (κ2) is 7.77. The first-order valence-corrected chi connectivity index (χ1v) is 7.87. The van der Waals surface area contributed by atoms with Gasteiger partial charge in [-0.05, 0) is 31.4 Å². The largest absolute Gasteiger partial charge is 0.355 e. The average Bonchev–Trinajstić information content (AvgIpc) is 2.54. The molecule has 2 N–H and O–H groups in total. The van der Waals surface area contributed by atoms with Crippen molar-refractivity contribution in [1.29, 1.82) is 0 Å². The fraction of sp³-hybridized carbons (Fsp3) is 0.562. The van der Waals surface area contributed by atoms with Gasteiger partial charge in [0, 0.05) is 32.6 Å². The molecule has 6 heteroatoms. The average molecular weight is 304 g/mol. The molecule has 0 spiro atoms. The summed E-state index contributed by atoms with van der Waals surface area (Å²) in [4.78, 5) is 30.0. The van der Waals surface area contributed by atoms with Crippen LogP contribution < -0.4 is 15.5 Å². The summed E-state index contributed by atoms with van der Waals surface area (Å²) in [5, 5.41) is 5.66. The zero-order valence-corrected chi connectivity index (χ0v) is 13.3. The molecular weight excluding hydrogens is 280 g/mol. The number of nitrogens with one attached hydrogen (secondary N) is 2. The fourth-order valence-corrected chi connectivity index (χ4v) is 2.68. The highest BCUT2D eigenvalue weighted by atomic mass is 16.2. The highest BCUT2D eigenvalue weighted by Crippen LogP contribution is 2.18. The van der Waals surface area contributed by atoms with Gasteiger partial charge < -0.3 is 15.5 Å². The number of piperidine rings is 1. The summed E-state index contributed by atoms with van der Waals surface area (Å²) in [7, 11) is 1.59. The first kappa shape index (κ1) is 16.3. The van der Waals surface area contributed by atoms with E-state index in [4.69, 9.17) is 0 Å². The first-order chi connectivity index (χ1) is 10.6. The summed E-state index contributed by atoms with van der Waals surface area (Å²) in [6, 6.07) is 5.60. The minimum Gasteiger partial charge on any atom is -0.355 e. The Labute approximate surface area is 131 Å². The van der Waals surface area contributed by atoms with Gasteiger partial charge in [-0.25, -0.2) is 4.98 Å². The van der Waals surface area contributed by atoms with Gasteiger partial charge in [0.15, 0.2) is 0 Å². The van der Waals surface area contributed by atoms with Gasteiger partial charge in [0.1, 0.15) is 11.5 Å². The third-order valence-electron chi connectivity index (χ3n) is 3.78. The molecule has 2 amide bonds. The van der Waals surface area contributed by atoms with Gasteiger partial charge in [0.25, 0.3) is 5.91 Å². The molecule has 1 fully saturated rings. The van der Waals surface area contributed by atoms with Crippen molar-refractivity contribution in [3.63, 3.8) is 0 Å². The third-order valence-corrected chi connectivity index (χ3v) is 3.78. The molecule has 0 unspecified atom stereocenters. The minimum absolute atomic E-state index is 0.112. The summed E-state index contributed by atoms with van der Waals surface area (Å²) in [5.74, 6) is 0.712. The number of hydrogen-bond donors (Lipinski definition) is 2. The fourth-order valence-electron chi connectivity index (χ4n) is 2.68. The van der Waals surface area contributed by atoms with E-state index in [1.165, 1.54) is 0 Å². The molecular formula is C16H24N4O2. The van der Waals surface area contributed by atoms with Crippen LogP contribution in [0, 0.1) is 0 Å². The lowest BCUT2D eigenvalue weighted by Crippen LogP contribution is -2.48. The number of hydrogen-bond acceptors (Lipinski definition) is 4. The molecule has 1 atom stereocenters. The van der Waals surface area contributed by atoms with Gasteiger partial charge in [-0.2, -0.15) is 0 Å². The molecule has 2 heterocycles. The molecule has 1 aromatic heterocycles. The molecule has 22 heavy (non-hydrogen) atoms. The lowest BCUT2D eigenvalue weighted by Gasteiger charge is -2.34. The van der Waals surface area contributed by atoms with Crippen molar-refractivity contribution in [3.8, 4) is 0 Å². The van der Waals surface area contributed by atoms with Gasteiger partial charge in [-0.15, -0.1) is 0 Å². The Morgan fingerprint density at radius 1 is 1.41 bits per heavy atom. The van der Waals surface area contributed by atoms with Crippen LogP contribution in [0.1, 0.15) is 43.1 Å². The Balaban J connectivity index is 2.03. The van der Waals surface area contributed by atoms with Gasteiger partial charge in [0.05, 0.1) is 0 Å². The van der Waals surface area contributed by atoms with Crippen molar-refractivity contribution < 1.29 is 9.59 Å². The van der Waals surface area contributed by atoms with Crippen LogP contribution in [-0.2, 0) is 4.79 Å². The lowest BCUT2D eigenvalue weighted by molar-refractivity contribution is -0.121. The van der Waals surface area contributed by atoms with Gasteiger partial charge in [-0.3, -0.25) is 9.59 Å². The number of aromatic nitrogens is 1. The molecule has 2 rings (SSSR count). The van der Waals surface area contributed by atoms with Crippen LogP contribution in [0.15, 0.2) is 18.2 Å². The summed E-state index contributed by atoms with van der Waals surface area (Å²) < 4.78 is 0. The van der Waals surface area contributed by atoms with E-state index in [1.807, 2.05) is 19.1 Å². The number of nitrogens with zero attached hydrogens (tertiary/aromatic N) is 2. The van der Waals surface area contributed by atoms with E-state index in [9.17, 15) is 9.59 Å². The minimum atomic E-state index is -0.188. The Hall–Kier alpha value is -2.11. The van der Waals surface area contributed by atoms with Crippen molar-refractivity contribution >= 4 is 17.6 Å². The maximum Gasteiger partial charge on any atom is 0.269 e. The van der Waals surface area contributed by atoms with Gasteiger partial charge in [-0.1, -0.05) is 13.0 Å². The summed E-state index contributed by atoms with van der Waals surface area (Å²) in [5.41, 5.74) is 0.414. The molecule has 1 aliphatic heterocycles. The van der Waals surface area contributed by atoms with Crippen LogP contribution in [0.5, 0.6) is 0 Å². The van der Waals surface area contributed by atoms with Crippen LogP contribution >= 0.6 is 0 Å². The number of pyridine rings is 1. The zero-order chi connectivity index (χ0) is 15.9. The molecule has 0 aromatic carbocycles. The monoisotopic (exact) mass is 304 g/mol. The molecule has 1 aliphatic rings. The van der Waals surface area contributed by atoms with E-state index in [0.717, 1.165) is 38.2 Å². The quantitative estimate of drug-likeness (QED) is 0.860. The Kier molecular flexibility index (Phi) is 5.75. The van der Waals surface area contributed by atoms with Gasteiger partial charge >= 0.3 is 0 Å². The number of anilines is 1. The number of carbonyl (C=O) groups excluding carboxylic acids is 2. The predicted octanol–water partition coefficient (Wildman–Crippen LogP) is 1.33. The SMILES string of the molecule is CCCC(=O)N[C@@H]1CCCN(c2cccc(C(=O)NC)n2)C1. The van der Waals surface area contributed by atoms with Crippen molar-refractivity contribution in [2.45, 2.75) is 38.6 Å². The van der Waals surface area contributed by atoms with Crippen molar-refractivity contribution in [2.24, 2.45) is 0 Å². The standard InChI is InChI=1S/C16H24N4O2/c1-3-6-15(21)18-12-7-5-10-20(11-12)14-9-4-8-13(19-14)16(22)17-2/h4,8-9,12H,3,5-7,10-11H2,1-2H3,(H,17,22)(H,18,21)/t12-/m1/s1. The van der Waals surface area contributed by atoms with Crippen LogP contribution in [0.4, 0.5) is 5.82 Å². The molecule has 1 aromatic rings. The Morgan fingerprint density at radius 2 is 2.23 bits per heavy atom. The molecule has 6 nitrogen and oxygen atoms in total. The maximum absolute atomic E-state index is 11.7. The molecule has 0 saturated carbocycles. The van der Waals surface area contributed by atoms with E-state index in [2.05, 4.69) is 20.5 Å². The number of carbonyl (C=O) groups is 2. The van der Waals surface area contributed by atoms with Crippen molar-refractivity contribution in [1.82, 2.24) is 15.6 Å². The number of rotatable bonds is 5. The van der Waals surface area contributed by atoms with Gasteiger partial charge in [0.2, 0.25) is 5.91 Å². The Bertz CT molecular complexity index is 533. The second-order valence-corrected chi connectivity index (χ2v) is 5.56. The predicted molar refractivity (Wildman–Crippen MR) is 85.9 cm³/mol. The van der Waals surface area contributed by atoms with E-state index in [-0.39, 0.29) is 17.9 Å². The molecule has 0 radical (unpaired) electrons.